The topological polar surface area (TPSA) is 111 Å². The number of carboxylic acid groups (broad SMARTS) is 1. The molecule has 12 heteroatoms. The summed E-state index contributed by atoms with van der Waals surface area (Å²) >= 11 is 4.39. The second-order valence-corrected chi connectivity index (χ2v) is 11.4. The Labute approximate surface area is 216 Å². The van der Waals surface area contributed by atoms with Gasteiger partial charge in [0.2, 0.25) is 11.4 Å². The number of allylic oxidation sites excluding steroid dienone is 2. The molecule has 0 fully saturated rings. The number of benzene rings is 1. The van der Waals surface area contributed by atoms with Crippen molar-refractivity contribution in [3.8, 4) is 5.75 Å². The van der Waals surface area contributed by atoms with Crippen LogP contribution in [0.15, 0.2) is 63.7 Å². The molecule has 1 N–H and O–H groups in total. The number of methoxy groups -OCH3 is 1. The zero-order valence-electron chi connectivity index (χ0n) is 19.1. The summed E-state index contributed by atoms with van der Waals surface area (Å²) < 4.78 is 42.4. The average molecular weight is 553 g/mol. The van der Waals surface area contributed by atoms with Gasteiger partial charge < -0.3 is 19.3 Å². The van der Waals surface area contributed by atoms with Crippen LogP contribution in [0.4, 0.5) is 5.69 Å². The zero-order valence-corrected chi connectivity index (χ0v) is 22.4. The molecule has 0 aliphatic carbocycles. The Hall–Kier alpha value is -2.64. The van der Waals surface area contributed by atoms with Crippen molar-refractivity contribution in [1.82, 2.24) is 0 Å². The minimum Gasteiger partial charge on any atom is -0.743 e. The van der Waals surface area contributed by atoms with Gasteiger partial charge >= 0.3 is 5.97 Å². The number of hydrogen-bond donors (Lipinski definition) is 1. The van der Waals surface area contributed by atoms with Crippen molar-refractivity contribution in [1.29, 1.82) is 0 Å². The summed E-state index contributed by atoms with van der Waals surface area (Å²) in [7, 11) is -3.02. The number of rotatable bonds is 8. The molecule has 0 unspecified atom stereocenters. The standard InChI is InChI=1S/C21H20N2O6S4.C2H4/c1-3-13(6-19-22(9-21(24)25)16-10-30-11-18(16)32-19)7-20-23(12-33(26,27)28)15-8-14(29-2)4-5-17(15)31-20;1-2/h4-8,10-11H,3,9,12H2,1-2H3,(H-,24,25,26,27,28);1-2H2. The Morgan fingerprint density at radius 2 is 2.06 bits per heavy atom. The highest BCUT2D eigenvalue weighted by molar-refractivity contribution is 8.03. The molecule has 1 aliphatic heterocycles. The van der Waals surface area contributed by atoms with E-state index in [1.807, 2.05) is 35.9 Å². The third-order valence-corrected chi connectivity index (χ3v) is 8.58. The van der Waals surface area contributed by atoms with Crippen molar-refractivity contribution in [3.63, 3.8) is 0 Å². The summed E-state index contributed by atoms with van der Waals surface area (Å²) in [5, 5.41) is 14.7. The van der Waals surface area contributed by atoms with E-state index in [2.05, 4.69) is 13.2 Å². The lowest BCUT2D eigenvalue weighted by atomic mass is 10.2. The number of anilines is 1. The summed E-state index contributed by atoms with van der Waals surface area (Å²) in [4.78, 5) is 14.2. The smallest absolute Gasteiger partial charge is 0.323 e. The molecule has 2 aromatic heterocycles. The van der Waals surface area contributed by atoms with Crippen LogP contribution < -0.4 is 14.2 Å². The number of fused-ring (bicyclic) bond motifs is 2. The Balaban J connectivity index is 0.00000167. The van der Waals surface area contributed by atoms with E-state index in [4.69, 9.17) is 4.74 Å². The number of carbonyl (C=O) groups is 1. The molecule has 3 heterocycles. The van der Waals surface area contributed by atoms with E-state index >= 15 is 0 Å². The monoisotopic (exact) mass is 552 g/mol. The van der Waals surface area contributed by atoms with E-state index in [0.29, 0.717) is 22.7 Å². The summed E-state index contributed by atoms with van der Waals surface area (Å²) in [6.45, 7) is 7.81. The van der Waals surface area contributed by atoms with Crippen LogP contribution in [0.1, 0.15) is 18.4 Å². The van der Waals surface area contributed by atoms with Gasteiger partial charge in [-0.25, -0.2) is 8.42 Å². The first-order valence-corrected chi connectivity index (χ1v) is 14.4. The van der Waals surface area contributed by atoms with Crippen LogP contribution in [-0.4, -0.2) is 37.7 Å². The normalized spacial score (nSPS) is 14.7. The minimum atomic E-state index is -4.54. The maximum absolute atomic E-state index is 11.6. The highest BCUT2D eigenvalue weighted by atomic mass is 32.2. The molecule has 35 heavy (non-hydrogen) atoms. The van der Waals surface area contributed by atoms with Gasteiger partial charge in [0, 0.05) is 21.7 Å². The van der Waals surface area contributed by atoms with E-state index < -0.39 is 22.0 Å². The van der Waals surface area contributed by atoms with E-state index in [0.717, 1.165) is 25.9 Å². The lowest BCUT2D eigenvalue weighted by Crippen LogP contribution is -2.39. The first-order chi connectivity index (χ1) is 16.7. The van der Waals surface area contributed by atoms with Gasteiger partial charge in [0.1, 0.15) is 17.0 Å². The fourth-order valence-electron chi connectivity index (χ4n) is 3.41. The predicted molar refractivity (Wildman–Crippen MR) is 141 cm³/mol. The fourth-order valence-corrected chi connectivity index (χ4v) is 7.32. The molecule has 0 spiro atoms. The number of thiophene rings is 1. The lowest BCUT2D eigenvalue weighted by Gasteiger charge is -2.17. The van der Waals surface area contributed by atoms with Crippen LogP contribution in [0, 0.1) is 0 Å². The SMILES string of the molecule is C=C.CCC(=Cc1sc2ccc(OC)cc2[n+]1CS(=O)(=O)[O-])C=C1Sc2cscc2N1CC(=O)O. The molecule has 1 aromatic carbocycles. The largest absolute Gasteiger partial charge is 0.743 e. The average Bonchev–Trinajstić information content (AvgIpc) is 3.48. The van der Waals surface area contributed by atoms with Crippen molar-refractivity contribution in [2.45, 2.75) is 24.1 Å². The summed E-state index contributed by atoms with van der Waals surface area (Å²) in [5.74, 6) is -1.07. The third kappa shape index (κ3) is 6.33. The maximum Gasteiger partial charge on any atom is 0.323 e. The number of thiazole rings is 1. The molecule has 186 valence electrons. The number of ether oxygens (including phenoxy) is 1. The van der Waals surface area contributed by atoms with Crippen LogP contribution in [0.5, 0.6) is 5.75 Å². The molecule has 0 saturated carbocycles. The van der Waals surface area contributed by atoms with Gasteiger partial charge in [-0.15, -0.1) is 24.5 Å². The highest BCUT2D eigenvalue weighted by Gasteiger charge is 2.28. The number of carboxylic acids is 1. The third-order valence-electron chi connectivity index (χ3n) is 4.92. The number of aromatic nitrogens is 1. The van der Waals surface area contributed by atoms with E-state index in [1.54, 1.807) is 17.0 Å². The molecule has 4 rings (SSSR count). The van der Waals surface area contributed by atoms with E-state index in [-0.39, 0.29) is 6.54 Å². The van der Waals surface area contributed by atoms with Crippen molar-refractivity contribution < 1.29 is 32.2 Å². The molecule has 0 atom stereocenters. The molecule has 0 bridgehead atoms. The van der Waals surface area contributed by atoms with Gasteiger partial charge in [0.25, 0.3) is 5.01 Å². The molecular formula is C23H24N2O6S4. The number of hydrogen-bond acceptors (Lipinski definition) is 9. The summed E-state index contributed by atoms with van der Waals surface area (Å²) in [6.07, 6.45) is 4.39. The number of aliphatic carboxylic acids is 1. The van der Waals surface area contributed by atoms with Crippen molar-refractivity contribution in [2.24, 2.45) is 0 Å². The van der Waals surface area contributed by atoms with Gasteiger partial charge in [0.05, 0.1) is 23.9 Å². The second kappa shape index (κ2) is 11.4. The van der Waals surface area contributed by atoms with Crippen LogP contribution in [0.2, 0.25) is 0 Å². The quantitative estimate of drug-likeness (QED) is 0.239. The number of nitrogens with zero attached hydrogens (tertiary/aromatic N) is 2. The van der Waals surface area contributed by atoms with Crippen LogP contribution >= 0.6 is 34.4 Å². The van der Waals surface area contributed by atoms with Gasteiger partial charge in [-0.2, -0.15) is 4.57 Å². The Bertz CT molecular complexity index is 1400. The maximum atomic E-state index is 11.6. The van der Waals surface area contributed by atoms with Crippen LogP contribution in [-0.2, 0) is 20.8 Å². The fraction of sp³-hybridized carbons (Fsp3) is 0.217. The van der Waals surface area contributed by atoms with Crippen molar-refractivity contribution in [3.05, 3.63) is 63.8 Å². The van der Waals surface area contributed by atoms with Gasteiger partial charge in [-0.05, 0) is 30.2 Å². The molecule has 0 amide bonds. The van der Waals surface area contributed by atoms with Crippen LogP contribution in [0.25, 0.3) is 16.3 Å². The highest BCUT2D eigenvalue weighted by Crippen LogP contribution is 2.48. The molecule has 0 radical (unpaired) electrons. The second-order valence-electron chi connectivity index (χ2n) is 7.15. The first kappa shape index (κ1) is 27.0. The molecular weight excluding hydrogens is 529 g/mol. The van der Waals surface area contributed by atoms with E-state index in [9.17, 15) is 22.9 Å². The van der Waals surface area contributed by atoms with Gasteiger partial charge in [-0.3, -0.25) is 4.79 Å². The molecule has 1 aliphatic rings. The predicted octanol–water partition coefficient (Wildman–Crippen LogP) is 4.90. The van der Waals surface area contributed by atoms with Gasteiger partial charge in [-0.1, -0.05) is 30.0 Å². The Morgan fingerprint density at radius 3 is 2.69 bits per heavy atom. The summed E-state index contributed by atoms with van der Waals surface area (Å²) in [6, 6.07) is 5.31. The Kier molecular flexibility index (Phi) is 8.78. The zero-order chi connectivity index (χ0) is 25.8. The lowest BCUT2D eigenvalue weighted by molar-refractivity contribution is -0.649. The molecule has 3 aromatic rings. The minimum absolute atomic E-state index is 0.156. The summed E-state index contributed by atoms with van der Waals surface area (Å²) in [5.41, 5.74) is 2.34. The van der Waals surface area contributed by atoms with Crippen LogP contribution in [0.3, 0.4) is 0 Å². The molecule has 8 nitrogen and oxygen atoms in total. The molecule has 0 saturated heterocycles. The number of thioether (sulfide) groups is 1. The van der Waals surface area contributed by atoms with Crippen molar-refractivity contribution >= 4 is 72.5 Å². The van der Waals surface area contributed by atoms with Gasteiger partial charge in [0.15, 0.2) is 10.1 Å². The van der Waals surface area contributed by atoms with Crippen molar-refractivity contribution in [2.75, 3.05) is 18.6 Å². The Morgan fingerprint density at radius 1 is 1.31 bits per heavy atom. The first-order valence-electron chi connectivity index (χ1n) is 10.3. The van der Waals surface area contributed by atoms with E-state index in [1.165, 1.54) is 46.1 Å².